The van der Waals surface area contributed by atoms with Gasteiger partial charge in [0.05, 0.1) is 6.16 Å². The van der Waals surface area contributed by atoms with E-state index < -0.39 is 37.7 Å². The average Bonchev–Trinajstić information content (AvgIpc) is 2.41. The van der Waals surface area contributed by atoms with Crippen molar-refractivity contribution in [1.82, 2.24) is 9.97 Å². The third-order valence-corrected chi connectivity index (χ3v) is 5.43. The summed E-state index contributed by atoms with van der Waals surface area (Å²) in [5.74, 6) is 0.117. The first-order valence-corrected chi connectivity index (χ1v) is 9.10. The van der Waals surface area contributed by atoms with Gasteiger partial charge >= 0.3 is 7.60 Å². The van der Waals surface area contributed by atoms with Gasteiger partial charge in [0.25, 0.3) is 5.56 Å². The molecule has 2 aliphatic heterocycles. The number of thiol groups is 2. The molecule has 3 rings (SSSR count). The minimum absolute atomic E-state index is 0.0689. The van der Waals surface area contributed by atoms with Gasteiger partial charge in [-0.2, -0.15) is 4.98 Å². The SMILES string of the molecule is Nc1nc2c(c(=O)[nH]1)NC1C(S)=C(S)C(CP(=O)(O)O)OC1N2. The molecular weight excluding hydrogens is 365 g/mol. The summed E-state index contributed by atoms with van der Waals surface area (Å²) < 4.78 is 16.9. The molecule has 23 heavy (non-hydrogen) atoms. The largest absolute Gasteiger partial charge is 0.369 e. The van der Waals surface area contributed by atoms with Crippen LogP contribution in [-0.4, -0.2) is 44.3 Å². The number of rotatable bonds is 2. The second kappa shape index (κ2) is 5.72. The van der Waals surface area contributed by atoms with Gasteiger partial charge in [-0.25, -0.2) is 0 Å². The maximum absolute atomic E-state index is 11.9. The zero-order chi connectivity index (χ0) is 16.9. The maximum Gasteiger partial charge on any atom is 0.328 e. The second-order valence-electron chi connectivity index (χ2n) is 5.10. The van der Waals surface area contributed by atoms with Crippen molar-refractivity contribution in [2.24, 2.45) is 0 Å². The zero-order valence-electron chi connectivity index (χ0n) is 11.4. The molecule has 0 amide bonds. The van der Waals surface area contributed by atoms with E-state index in [-0.39, 0.29) is 22.4 Å². The maximum atomic E-state index is 11.9. The molecule has 2 aliphatic rings. The summed E-state index contributed by atoms with van der Waals surface area (Å²) in [7, 11) is -4.31. The van der Waals surface area contributed by atoms with Gasteiger partial charge in [0.1, 0.15) is 17.8 Å². The number of anilines is 3. The smallest absolute Gasteiger partial charge is 0.328 e. The van der Waals surface area contributed by atoms with Crippen LogP contribution in [0.5, 0.6) is 0 Å². The molecule has 0 radical (unpaired) electrons. The minimum atomic E-state index is -4.31. The molecule has 0 aromatic carbocycles. The molecule has 7 N–H and O–H groups in total. The van der Waals surface area contributed by atoms with Crippen molar-refractivity contribution in [3.8, 4) is 0 Å². The molecule has 0 spiro atoms. The Morgan fingerprint density at radius 1 is 1.30 bits per heavy atom. The number of nitrogen functional groups attached to an aromatic ring is 1. The molecule has 13 heteroatoms. The van der Waals surface area contributed by atoms with Crippen LogP contribution < -0.4 is 21.9 Å². The zero-order valence-corrected chi connectivity index (χ0v) is 14.1. The van der Waals surface area contributed by atoms with Crippen molar-refractivity contribution >= 4 is 50.3 Å². The van der Waals surface area contributed by atoms with Crippen molar-refractivity contribution in [1.29, 1.82) is 0 Å². The molecule has 0 saturated heterocycles. The van der Waals surface area contributed by atoms with Gasteiger partial charge in [-0.1, -0.05) is 0 Å². The van der Waals surface area contributed by atoms with Crippen molar-refractivity contribution in [2.45, 2.75) is 18.4 Å². The van der Waals surface area contributed by atoms with E-state index in [4.69, 9.17) is 20.3 Å². The molecule has 10 nitrogen and oxygen atoms in total. The predicted molar refractivity (Wildman–Crippen MR) is 90.9 cm³/mol. The highest BCUT2D eigenvalue weighted by molar-refractivity contribution is 7.88. The van der Waals surface area contributed by atoms with E-state index in [0.717, 1.165) is 0 Å². The van der Waals surface area contributed by atoms with Gasteiger partial charge in [0.15, 0.2) is 12.0 Å². The standard InChI is InChI=1S/C10H14N5O5PS2/c11-10-14-7-4(8(16)15-10)12-3-6(23)5(22)2(1-21(17,18)19)20-9(3)13-7/h2-3,9,12,22-23H,1H2,(H2,17,18,19)(H4,11,13,14,15,16). The Bertz CT molecular complexity index is 792. The third-order valence-electron chi connectivity index (χ3n) is 3.40. The summed E-state index contributed by atoms with van der Waals surface area (Å²) in [4.78, 5) is 37.2. The Kier molecular flexibility index (Phi) is 4.15. The van der Waals surface area contributed by atoms with E-state index >= 15 is 0 Å². The number of nitrogens with one attached hydrogen (secondary N) is 3. The lowest BCUT2D eigenvalue weighted by Gasteiger charge is -2.41. The highest BCUT2D eigenvalue weighted by Gasteiger charge is 2.41. The number of aromatic amines is 1. The highest BCUT2D eigenvalue weighted by atomic mass is 32.1. The van der Waals surface area contributed by atoms with Crippen molar-refractivity contribution < 1.29 is 19.1 Å². The lowest BCUT2D eigenvalue weighted by molar-refractivity contribution is 0.0216. The number of hydrogen-bond donors (Lipinski definition) is 8. The minimum Gasteiger partial charge on any atom is -0.369 e. The van der Waals surface area contributed by atoms with Crippen molar-refractivity contribution in [3.05, 3.63) is 20.2 Å². The molecule has 126 valence electrons. The fourth-order valence-electron chi connectivity index (χ4n) is 2.41. The Balaban J connectivity index is 1.97. The molecule has 0 bridgehead atoms. The Morgan fingerprint density at radius 3 is 2.65 bits per heavy atom. The number of H-pyrrole nitrogens is 1. The van der Waals surface area contributed by atoms with Crippen LogP contribution in [0.4, 0.5) is 17.5 Å². The van der Waals surface area contributed by atoms with Gasteiger partial charge in [-0.05, 0) is 0 Å². The van der Waals surface area contributed by atoms with Gasteiger partial charge < -0.3 is 30.9 Å². The number of ether oxygens (including phenoxy) is 1. The quantitative estimate of drug-likeness (QED) is 0.251. The summed E-state index contributed by atoms with van der Waals surface area (Å²) >= 11 is 8.58. The van der Waals surface area contributed by atoms with E-state index in [2.05, 4.69) is 45.9 Å². The molecule has 0 saturated carbocycles. The Morgan fingerprint density at radius 2 is 2.00 bits per heavy atom. The number of nitrogens with zero attached hydrogens (tertiary/aromatic N) is 1. The van der Waals surface area contributed by atoms with Crippen molar-refractivity contribution in [3.63, 3.8) is 0 Å². The second-order valence-corrected chi connectivity index (χ2v) is 7.76. The Labute approximate surface area is 140 Å². The van der Waals surface area contributed by atoms with Crippen LogP contribution in [0.2, 0.25) is 0 Å². The fourth-order valence-corrected chi connectivity index (χ4v) is 3.89. The van der Waals surface area contributed by atoms with Crippen molar-refractivity contribution in [2.75, 3.05) is 22.5 Å². The normalized spacial score (nSPS) is 26.9. The predicted octanol–water partition coefficient (Wildman–Crippen LogP) is -0.468. The lowest BCUT2D eigenvalue weighted by atomic mass is 10.1. The van der Waals surface area contributed by atoms with Crippen LogP contribution >= 0.6 is 32.9 Å². The van der Waals surface area contributed by atoms with E-state index in [1.165, 1.54) is 0 Å². The molecule has 3 atom stereocenters. The van der Waals surface area contributed by atoms with Gasteiger partial charge in [0.2, 0.25) is 5.95 Å². The lowest BCUT2D eigenvalue weighted by Crippen LogP contribution is -2.52. The summed E-state index contributed by atoms with van der Waals surface area (Å²) in [5, 5.41) is 5.81. The van der Waals surface area contributed by atoms with E-state index in [1.54, 1.807) is 0 Å². The molecule has 3 heterocycles. The molecule has 1 aromatic heterocycles. The fraction of sp³-hybridized carbons (Fsp3) is 0.400. The topological polar surface area (TPSA) is 163 Å². The average molecular weight is 379 g/mol. The van der Waals surface area contributed by atoms with Crippen LogP contribution in [-0.2, 0) is 9.30 Å². The highest BCUT2D eigenvalue weighted by Crippen LogP contribution is 2.43. The Hall–Kier alpha value is -1.17. The number of aromatic nitrogens is 2. The first kappa shape index (κ1) is 16.7. The summed E-state index contributed by atoms with van der Waals surface area (Å²) in [6.07, 6.45) is -2.20. The van der Waals surface area contributed by atoms with Crippen LogP contribution in [0.15, 0.2) is 14.6 Å². The molecule has 0 aliphatic carbocycles. The number of fused-ring (bicyclic) bond motifs is 2. The van der Waals surface area contributed by atoms with E-state index in [0.29, 0.717) is 4.91 Å². The molecule has 1 aromatic rings. The van der Waals surface area contributed by atoms with Gasteiger partial charge in [0, 0.05) is 9.81 Å². The van der Waals surface area contributed by atoms with E-state index in [1.807, 2.05) is 0 Å². The van der Waals surface area contributed by atoms with Gasteiger partial charge in [-0.3, -0.25) is 14.3 Å². The monoisotopic (exact) mass is 379 g/mol. The summed E-state index contributed by atoms with van der Waals surface area (Å²) in [6, 6.07) is -0.558. The molecular formula is C10H14N5O5PS2. The van der Waals surface area contributed by atoms with Crippen LogP contribution in [0.1, 0.15) is 0 Å². The van der Waals surface area contributed by atoms with Crippen LogP contribution in [0.25, 0.3) is 0 Å². The van der Waals surface area contributed by atoms with E-state index in [9.17, 15) is 9.36 Å². The van der Waals surface area contributed by atoms with Gasteiger partial charge in [-0.15, -0.1) is 25.3 Å². The molecule has 0 fully saturated rings. The number of hydrogen-bond acceptors (Lipinski definition) is 9. The van der Waals surface area contributed by atoms with Crippen LogP contribution in [0.3, 0.4) is 0 Å². The summed E-state index contributed by atoms with van der Waals surface area (Å²) in [6.45, 7) is 0. The number of nitrogens with two attached hydrogens (primary N) is 1. The van der Waals surface area contributed by atoms with Crippen LogP contribution in [0, 0.1) is 0 Å². The third kappa shape index (κ3) is 3.23. The summed E-state index contributed by atoms with van der Waals surface area (Å²) in [5.41, 5.74) is 5.21. The molecule has 3 unspecified atom stereocenters. The first-order chi connectivity index (χ1) is 10.7. The first-order valence-electron chi connectivity index (χ1n) is 6.40.